The topological polar surface area (TPSA) is 41.1 Å². The van der Waals surface area contributed by atoms with Crippen LogP contribution in [0.15, 0.2) is 24.3 Å². The van der Waals surface area contributed by atoms with Gasteiger partial charge in [0.25, 0.3) is 0 Å². The van der Waals surface area contributed by atoms with Gasteiger partial charge < -0.3 is 10.6 Å². The van der Waals surface area contributed by atoms with Crippen LogP contribution >= 0.6 is 0 Å². The molecule has 1 fully saturated rings. The van der Waals surface area contributed by atoms with Crippen LogP contribution in [0.1, 0.15) is 25.3 Å². The van der Waals surface area contributed by atoms with E-state index in [1.54, 1.807) is 6.07 Å². The van der Waals surface area contributed by atoms with Crippen LogP contribution in [0.25, 0.3) is 0 Å². The second-order valence-electron chi connectivity index (χ2n) is 5.27. The van der Waals surface area contributed by atoms with E-state index in [0.717, 1.165) is 37.9 Å². The first-order valence-electron chi connectivity index (χ1n) is 6.90. The number of hydrogen-bond acceptors (Lipinski definition) is 2. The van der Waals surface area contributed by atoms with Crippen molar-refractivity contribution >= 4 is 5.91 Å². The van der Waals surface area contributed by atoms with Gasteiger partial charge in [-0.15, -0.1) is 0 Å². The molecule has 104 valence electrons. The van der Waals surface area contributed by atoms with Crippen molar-refractivity contribution in [2.75, 3.05) is 13.1 Å². The molecule has 19 heavy (non-hydrogen) atoms. The first-order chi connectivity index (χ1) is 9.15. The summed E-state index contributed by atoms with van der Waals surface area (Å²) in [6.45, 7) is 3.77. The van der Waals surface area contributed by atoms with E-state index in [4.69, 9.17) is 0 Å². The quantitative estimate of drug-likeness (QED) is 0.852. The molecule has 4 heteroatoms. The van der Waals surface area contributed by atoms with Crippen molar-refractivity contribution in [3.8, 4) is 0 Å². The number of halogens is 1. The van der Waals surface area contributed by atoms with Crippen LogP contribution in [0.2, 0.25) is 0 Å². The number of amides is 1. The fourth-order valence-electron chi connectivity index (χ4n) is 2.33. The summed E-state index contributed by atoms with van der Waals surface area (Å²) in [5.74, 6) is -0.152. The Kier molecular flexibility index (Phi) is 4.91. The molecule has 1 heterocycles. The number of carbonyl (C=O) groups excluding carboxylic acids is 1. The number of nitrogens with one attached hydrogen (secondary N) is 2. The number of hydrogen-bond donors (Lipinski definition) is 2. The Morgan fingerprint density at radius 1 is 1.58 bits per heavy atom. The van der Waals surface area contributed by atoms with Crippen molar-refractivity contribution in [3.63, 3.8) is 0 Å². The summed E-state index contributed by atoms with van der Waals surface area (Å²) in [5, 5.41) is 6.28. The number of benzene rings is 1. The molecule has 1 aromatic carbocycles. The molecule has 3 nitrogen and oxygen atoms in total. The fourth-order valence-corrected chi connectivity index (χ4v) is 2.33. The number of aryl methyl sites for hydroxylation is 1. The van der Waals surface area contributed by atoms with Gasteiger partial charge in [-0.2, -0.15) is 0 Å². The Labute approximate surface area is 113 Å². The highest BCUT2D eigenvalue weighted by atomic mass is 19.1. The van der Waals surface area contributed by atoms with Gasteiger partial charge in [0.2, 0.25) is 5.91 Å². The molecule has 2 rings (SSSR count). The lowest BCUT2D eigenvalue weighted by Gasteiger charge is -2.16. The molecule has 1 saturated heterocycles. The molecule has 1 aromatic rings. The Hall–Kier alpha value is -1.42. The highest BCUT2D eigenvalue weighted by Crippen LogP contribution is 2.12. The largest absolute Gasteiger partial charge is 0.352 e. The molecule has 2 unspecified atom stereocenters. The van der Waals surface area contributed by atoms with Crippen molar-refractivity contribution in [1.29, 1.82) is 0 Å². The lowest BCUT2D eigenvalue weighted by atomic mass is 10.00. The Morgan fingerprint density at radius 2 is 2.42 bits per heavy atom. The maximum absolute atomic E-state index is 13.0. The zero-order valence-electron chi connectivity index (χ0n) is 11.3. The van der Waals surface area contributed by atoms with E-state index >= 15 is 0 Å². The molecule has 0 aliphatic carbocycles. The molecule has 0 spiro atoms. The minimum atomic E-state index is -0.216. The predicted octanol–water partition coefficient (Wildman–Crippen LogP) is 1.87. The zero-order valence-corrected chi connectivity index (χ0v) is 11.3. The monoisotopic (exact) mass is 264 g/mol. The van der Waals surface area contributed by atoms with Gasteiger partial charge in [0.05, 0.1) is 0 Å². The van der Waals surface area contributed by atoms with E-state index in [1.165, 1.54) is 12.1 Å². The van der Waals surface area contributed by atoms with Gasteiger partial charge >= 0.3 is 0 Å². The molecule has 2 atom stereocenters. The minimum Gasteiger partial charge on any atom is -0.352 e. The van der Waals surface area contributed by atoms with Gasteiger partial charge in [0.15, 0.2) is 0 Å². The summed E-state index contributed by atoms with van der Waals surface area (Å²) in [5.41, 5.74) is 0.946. The maximum Gasteiger partial charge on any atom is 0.223 e. The molecule has 0 aromatic heterocycles. The highest BCUT2D eigenvalue weighted by Gasteiger charge is 2.20. The van der Waals surface area contributed by atoms with Crippen molar-refractivity contribution in [2.45, 2.75) is 32.2 Å². The normalized spacial score (nSPS) is 20.2. The van der Waals surface area contributed by atoms with Gasteiger partial charge in [0, 0.05) is 18.5 Å². The van der Waals surface area contributed by atoms with E-state index < -0.39 is 0 Å². The van der Waals surface area contributed by atoms with E-state index in [1.807, 2.05) is 13.0 Å². The van der Waals surface area contributed by atoms with E-state index in [0.29, 0.717) is 0 Å². The second-order valence-corrected chi connectivity index (χ2v) is 5.27. The third-order valence-corrected chi connectivity index (χ3v) is 3.61. The Balaban J connectivity index is 1.76. The lowest BCUT2D eigenvalue weighted by Crippen LogP contribution is -2.39. The van der Waals surface area contributed by atoms with Gasteiger partial charge in [-0.25, -0.2) is 4.39 Å². The Bertz CT molecular complexity index is 430. The van der Waals surface area contributed by atoms with Crippen LogP contribution < -0.4 is 10.6 Å². The smallest absolute Gasteiger partial charge is 0.223 e. The van der Waals surface area contributed by atoms with Crippen LogP contribution in [0.3, 0.4) is 0 Å². The van der Waals surface area contributed by atoms with Crippen molar-refractivity contribution in [1.82, 2.24) is 10.6 Å². The summed E-state index contributed by atoms with van der Waals surface area (Å²) in [6, 6.07) is 6.84. The molecule has 1 aliphatic heterocycles. The zero-order chi connectivity index (χ0) is 13.7. The van der Waals surface area contributed by atoms with Gasteiger partial charge in [0.1, 0.15) is 5.82 Å². The molecule has 1 aliphatic rings. The molecule has 0 radical (unpaired) electrons. The summed E-state index contributed by atoms with van der Waals surface area (Å²) in [6.07, 6.45) is 2.48. The van der Waals surface area contributed by atoms with E-state index in [-0.39, 0.29) is 23.7 Å². The highest BCUT2D eigenvalue weighted by molar-refractivity contribution is 5.78. The molecule has 2 N–H and O–H groups in total. The maximum atomic E-state index is 13.0. The third kappa shape index (κ3) is 4.31. The average molecular weight is 264 g/mol. The molecular formula is C15H21FN2O. The lowest BCUT2D eigenvalue weighted by molar-refractivity contribution is -0.125. The van der Waals surface area contributed by atoms with Crippen LogP contribution in [0.5, 0.6) is 0 Å². The molecule has 0 saturated carbocycles. The fraction of sp³-hybridized carbons (Fsp3) is 0.533. The minimum absolute atomic E-state index is 0.0381. The summed E-state index contributed by atoms with van der Waals surface area (Å²) in [7, 11) is 0. The van der Waals surface area contributed by atoms with Crippen molar-refractivity contribution in [2.24, 2.45) is 5.92 Å². The first kappa shape index (κ1) is 14.0. The molecular weight excluding hydrogens is 243 g/mol. The van der Waals surface area contributed by atoms with Crippen LogP contribution in [0, 0.1) is 11.7 Å². The molecule has 1 amide bonds. The van der Waals surface area contributed by atoms with Gasteiger partial charge in [-0.05, 0) is 43.5 Å². The van der Waals surface area contributed by atoms with Crippen LogP contribution in [-0.4, -0.2) is 25.0 Å². The first-order valence-corrected chi connectivity index (χ1v) is 6.90. The van der Waals surface area contributed by atoms with E-state index in [9.17, 15) is 9.18 Å². The number of rotatable bonds is 5. The molecule has 0 bridgehead atoms. The standard InChI is InChI=1S/C15H21FN2O/c1-11(15(19)18-14-7-8-17-10-14)5-6-12-3-2-4-13(16)9-12/h2-4,9,11,14,17H,5-8,10H2,1H3,(H,18,19). The summed E-state index contributed by atoms with van der Waals surface area (Å²) < 4.78 is 13.0. The summed E-state index contributed by atoms with van der Waals surface area (Å²) in [4.78, 5) is 12.0. The van der Waals surface area contributed by atoms with Crippen molar-refractivity contribution < 1.29 is 9.18 Å². The SMILES string of the molecule is CC(CCc1cccc(F)c1)C(=O)NC1CCNC1. The summed E-state index contributed by atoms with van der Waals surface area (Å²) >= 11 is 0. The second kappa shape index (κ2) is 6.66. The van der Waals surface area contributed by atoms with E-state index in [2.05, 4.69) is 10.6 Å². The average Bonchev–Trinajstić information content (AvgIpc) is 2.89. The van der Waals surface area contributed by atoms with Crippen molar-refractivity contribution in [3.05, 3.63) is 35.6 Å². The number of carbonyl (C=O) groups is 1. The third-order valence-electron chi connectivity index (χ3n) is 3.61. The van der Waals surface area contributed by atoms with Gasteiger partial charge in [-0.3, -0.25) is 4.79 Å². The Morgan fingerprint density at radius 3 is 3.11 bits per heavy atom. The van der Waals surface area contributed by atoms with Crippen LogP contribution in [0.4, 0.5) is 4.39 Å². The van der Waals surface area contributed by atoms with Gasteiger partial charge in [-0.1, -0.05) is 19.1 Å². The van der Waals surface area contributed by atoms with Crippen LogP contribution in [-0.2, 0) is 11.2 Å². The predicted molar refractivity (Wildman–Crippen MR) is 73.3 cm³/mol.